The summed E-state index contributed by atoms with van der Waals surface area (Å²) in [6.07, 6.45) is 2.59. The highest BCUT2D eigenvalue weighted by Crippen LogP contribution is 2.39. The summed E-state index contributed by atoms with van der Waals surface area (Å²) in [5.74, 6) is 0.745. The van der Waals surface area contributed by atoms with Crippen molar-refractivity contribution in [3.63, 3.8) is 0 Å². The van der Waals surface area contributed by atoms with Crippen molar-refractivity contribution in [1.29, 1.82) is 0 Å². The van der Waals surface area contributed by atoms with Crippen molar-refractivity contribution in [3.05, 3.63) is 33.4 Å². The van der Waals surface area contributed by atoms with Crippen LogP contribution in [-0.2, 0) is 0 Å². The minimum Gasteiger partial charge on any atom is -0.326 e. The van der Waals surface area contributed by atoms with Gasteiger partial charge in [0.1, 0.15) is 0 Å². The van der Waals surface area contributed by atoms with Gasteiger partial charge < -0.3 is 5.73 Å². The molecular weight excluding hydrogens is 311 g/mol. The molecule has 3 heteroatoms. The van der Waals surface area contributed by atoms with E-state index in [-0.39, 0.29) is 0 Å². The summed E-state index contributed by atoms with van der Waals surface area (Å²) >= 11 is 2.35. The number of hydrogen-bond donors (Lipinski definition) is 1. The highest BCUT2D eigenvalue weighted by atomic mass is 127. The van der Waals surface area contributed by atoms with Gasteiger partial charge in [0.15, 0.2) is 0 Å². The zero-order valence-electron chi connectivity index (χ0n) is 9.27. The maximum Gasteiger partial charge on any atom is 0.0501 e. The smallest absolute Gasteiger partial charge is 0.0501 e. The second-order valence-corrected chi connectivity index (χ2v) is 6.19. The lowest BCUT2D eigenvalue weighted by Crippen LogP contribution is -2.56. The predicted molar refractivity (Wildman–Crippen MR) is 74.2 cm³/mol. The van der Waals surface area contributed by atoms with Gasteiger partial charge >= 0.3 is 0 Å². The van der Waals surface area contributed by atoms with Crippen LogP contribution in [0.15, 0.2) is 24.3 Å². The molecule has 3 saturated heterocycles. The Kier molecular flexibility index (Phi) is 2.94. The lowest BCUT2D eigenvalue weighted by molar-refractivity contribution is 0.0276. The first-order valence-corrected chi connectivity index (χ1v) is 7.08. The van der Waals surface area contributed by atoms with E-state index in [1.165, 1.54) is 35.1 Å². The molecule has 0 radical (unpaired) electrons. The molecule has 1 aromatic carbocycles. The van der Waals surface area contributed by atoms with Crippen LogP contribution in [0.3, 0.4) is 0 Å². The quantitative estimate of drug-likeness (QED) is 0.802. The summed E-state index contributed by atoms with van der Waals surface area (Å²) in [5.41, 5.74) is 7.79. The second-order valence-electron chi connectivity index (χ2n) is 4.95. The van der Waals surface area contributed by atoms with Gasteiger partial charge in [0.05, 0.1) is 6.04 Å². The molecule has 0 spiro atoms. The van der Waals surface area contributed by atoms with E-state index in [9.17, 15) is 0 Å². The summed E-state index contributed by atoms with van der Waals surface area (Å²) in [6, 6.07) is 9.66. The lowest BCUT2D eigenvalue weighted by Gasteiger charge is -2.49. The number of hydrogen-bond acceptors (Lipinski definition) is 2. The topological polar surface area (TPSA) is 29.3 Å². The number of piperidine rings is 3. The van der Waals surface area contributed by atoms with E-state index in [0.29, 0.717) is 12.1 Å². The summed E-state index contributed by atoms with van der Waals surface area (Å²) in [7, 11) is 0. The molecular formula is C13H17IN2. The maximum absolute atomic E-state index is 6.39. The number of nitrogens with two attached hydrogens (primary N) is 1. The van der Waals surface area contributed by atoms with Gasteiger partial charge in [0.25, 0.3) is 0 Å². The molecule has 2 nitrogen and oxygen atoms in total. The summed E-state index contributed by atoms with van der Waals surface area (Å²) in [4.78, 5) is 2.56. The van der Waals surface area contributed by atoms with Crippen molar-refractivity contribution >= 4 is 22.6 Å². The van der Waals surface area contributed by atoms with E-state index in [2.05, 4.69) is 51.8 Å². The molecule has 1 aromatic rings. The molecule has 4 rings (SSSR count). The van der Waals surface area contributed by atoms with Crippen LogP contribution in [0.25, 0.3) is 0 Å². The first kappa shape index (κ1) is 11.0. The van der Waals surface area contributed by atoms with Crippen molar-refractivity contribution in [3.8, 4) is 0 Å². The zero-order chi connectivity index (χ0) is 11.1. The van der Waals surface area contributed by atoms with Crippen LogP contribution in [0.4, 0.5) is 0 Å². The molecule has 2 bridgehead atoms. The fourth-order valence-electron chi connectivity index (χ4n) is 3.18. The third kappa shape index (κ3) is 1.79. The number of rotatable bonds is 1. The number of halogens is 1. The Balaban J connectivity index is 1.91. The van der Waals surface area contributed by atoms with E-state index >= 15 is 0 Å². The van der Waals surface area contributed by atoms with Gasteiger partial charge in [-0.1, -0.05) is 12.1 Å². The molecule has 2 N–H and O–H groups in total. The van der Waals surface area contributed by atoms with E-state index in [1.54, 1.807) is 0 Å². The third-order valence-electron chi connectivity index (χ3n) is 4.09. The van der Waals surface area contributed by atoms with Crippen LogP contribution < -0.4 is 5.73 Å². The average molecular weight is 328 g/mol. The summed E-state index contributed by atoms with van der Waals surface area (Å²) in [5, 5.41) is 0. The fourth-order valence-corrected chi connectivity index (χ4v) is 3.54. The molecule has 0 aromatic heterocycles. The Labute approximate surface area is 110 Å². The van der Waals surface area contributed by atoms with Crippen LogP contribution in [0.2, 0.25) is 0 Å². The van der Waals surface area contributed by atoms with Crippen LogP contribution >= 0.6 is 22.6 Å². The molecule has 16 heavy (non-hydrogen) atoms. The lowest BCUT2D eigenvalue weighted by atomic mass is 9.77. The van der Waals surface area contributed by atoms with Crippen LogP contribution in [-0.4, -0.2) is 24.0 Å². The zero-order valence-corrected chi connectivity index (χ0v) is 11.4. The van der Waals surface area contributed by atoms with Crippen molar-refractivity contribution in [2.75, 3.05) is 13.1 Å². The minimum atomic E-state index is 0.336. The van der Waals surface area contributed by atoms with Crippen LogP contribution in [0.5, 0.6) is 0 Å². The largest absolute Gasteiger partial charge is 0.326 e. The molecule has 86 valence electrons. The van der Waals surface area contributed by atoms with Crippen molar-refractivity contribution in [2.45, 2.75) is 24.9 Å². The highest BCUT2D eigenvalue weighted by Gasteiger charge is 2.40. The van der Waals surface area contributed by atoms with E-state index < -0.39 is 0 Å². The third-order valence-corrected chi connectivity index (χ3v) is 4.81. The molecule has 0 saturated carbocycles. The molecule has 2 atom stereocenters. The van der Waals surface area contributed by atoms with E-state index in [1.807, 2.05) is 0 Å². The monoisotopic (exact) mass is 328 g/mol. The Bertz CT molecular complexity index is 366. The summed E-state index contributed by atoms with van der Waals surface area (Å²) in [6.45, 7) is 2.46. The van der Waals surface area contributed by atoms with Gasteiger partial charge in [0, 0.05) is 9.61 Å². The van der Waals surface area contributed by atoms with Crippen molar-refractivity contribution in [2.24, 2.45) is 11.7 Å². The Morgan fingerprint density at radius 1 is 1.12 bits per heavy atom. The average Bonchev–Trinajstić information content (AvgIpc) is 2.32. The van der Waals surface area contributed by atoms with Gasteiger partial charge in [-0.3, -0.25) is 4.90 Å². The highest BCUT2D eigenvalue weighted by molar-refractivity contribution is 14.1. The van der Waals surface area contributed by atoms with Crippen LogP contribution in [0, 0.1) is 9.49 Å². The predicted octanol–water partition coefficient (Wildman–Crippen LogP) is 2.39. The van der Waals surface area contributed by atoms with Crippen molar-refractivity contribution in [1.82, 2.24) is 4.90 Å². The Morgan fingerprint density at radius 3 is 2.31 bits per heavy atom. The first-order valence-electron chi connectivity index (χ1n) is 6.01. The molecule has 3 fully saturated rings. The normalized spacial score (nSPS) is 37.6. The standard InChI is InChI=1S/C13H17IN2/c14-11-3-1-10(2-4-11)13-12(15)9-5-7-16(13)8-6-9/h1-4,9,12-13H,5-8,15H2. The molecule has 3 aliphatic heterocycles. The summed E-state index contributed by atoms with van der Waals surface area (Å²) < 4.78 is 1.30. The van der Waals surface area contributed by atoms with E-state index in [4.69, 9.17) is 5.73 Å². The van der Waals surface area contributed by atoms with Gasteiger partial charge in [-0.05, 0) is 72.1 Å². The van der Waals surface area contributed by atoms with Gasteiger partial charge in [-0.15, -0.1) is 0 Å². The van der Waals surface area contributed by atoms with Crippen molar-refractivity contribution < 1.29 is 0 Å². The number of benzene rings is 1. The first-order chi connectivity index (χ1) is 7.75. The second kappa shape index (κ2) is 4.27. The Morgan fingerprint density at radius 2 is 1.75 bits per heavy atom. The molecule has 3 aliphatic rings. The number of nitrogens with zero attached hydrogens (tertiary/aromatic N) is 1. The molecule has 3 heterocycles. The Hall–Kier alpha value is -0.130. The fraction of sp³-hybridized carbons (Fsp3) is 0.538. The molecule has 0 amide bonds. The molecule has 2 unspecified atom stereocenters. The van der Waals surface area contributed by atoms with E-state index in [0.717, 1.165) is 5.92 Å². The van der Waals surface area contributed by atoms with Crippen LogP contribution in [0.1, 0.15) is 24.4 Å². The number of fused-ring (bicyclic) bond motifs is 3. The minimum absolute atomic E-state index is 0.336. The van der Waals surface area contributed by atoms with Gasteiger partial charge in [-0.25, -0.2) is 0 Å². The van der Waals surface area contributed by atoms with Gasteiger partial charge in [-0.2, -0.15) is 0 Å². The molecule has 0 aliphatic carbocycles. The SMILES string of the molecule is NC1C2CCN(CC2)C1c1ccc(I)cc1. The van der Waals surface area contributed by atoms with Gasteiger partial charge in [0.2, 0.25) is 0 Å². The maximum atomic E-state index is 6.39.